The van der Waals surface area contributed by atoms with Gasteiger partial charge in [0.2, 0.25) is 0 Å². The van der Waals surface area contributed by atoms with Crippen molar-refractivity contribution in [2.24, 2.45) is 0 Å². The third-order valence-corrected chi connectivity index (χ3v) is 1.92. The molecule has 1 aromatic rings. The molecule has 0 aliphatic heterocycles. The lowest BCUT2D eigenvalue weighted by atomic mass is 10.3. The number of phenolic OH excluding ortho intramolecular Hbond substituents is 1. The minimum atomic E-state index is -2.04. The van der Waals surface area contributed by atoms with Crippen molar-refractivity contribution in [3.8, 4) is 5.75 Å². The second kappa shape index (κ2) is 4.26. The Morgan fingerprint density at radius 1 is 1.29 bits per heavy atom. The van der Waals surface area contributed by atoms with Gasteiger partial charge in [-0.25, -0.2) is 0 Å². The summed E-state index contributed by atoms with van der Waals surface area (Å²) in [5.41, 5.74) is 0.198. The van der Waals surface area contributed by atoms with Crippen LogP contribution in [0.3, 0.4) is 0 Å². The fourth-order valence-electron chi connectivity index (χ4n) is 0.773. The molecule has 2 N–H and O–H groups in total. The molecule has 0 atom stereocenters. The highest BCUT2D eigenvalue weighted by Crippen LogP contribution is 2.29. The van der Waals surface area contributed by atoms with Crippen LogP contribution in [0.2, 0.25) is 0 Å². The number of alkyl halides is 3. The predicted molar refractivity (Wildman–Crippen MR) is 57.0 cm³/mol. The van der Waals surface area contributed by atoms with Gasteiger partial charge in [-0.1, -0.05) is 46.9 Å². The number of carbonyl (C=O) groups excluding carboxylic acids is 1. The summed E-state index contributed by atoms with van der Waals surface area (Å²) < 4.78 is -2.04. The Bertz CT molecular complexity index is 349. The predicted octanol–water partition coefficient (Wildman–Crippen LogP) is 2.70. The van der Waals surface area contributed by atoms with E-state index in [1.807, 2.05) is 0 Å². The van der Waals surface area contributed by atoms with E-state index < -0.39 is 9.70 Å². The van der Waals surface area contributed by atoms with Crippen molar-refractivity contribution < 1.29 is 9.90 Å². The summed E-state index contributed by atoms with van der Waals surface area (Å²) in [5.74, 6) is -0.904. The van der Waals surface area contributed by atoms with E-state index in [1.54, 1.807) is 12.1 Å². The molecule has 0 bridgehead atoms. The molecule has 0 fully saturated rings. The molecule has 3 nitrogen and oxygen atoms in total. The van der Waals surface area contributed by atoms with E-state index in [-0.39, 0.29) is 11.4 Å². The van der Waals surface area contributed by atoms with Crippen molar-refractivity contribution in [3.63, 3.8) is 0 Å². The average molecular weight is 254 g/mol. The van der Waals surface area contributed by atoms with Gasteiger partial charge in [-0.2, -0.15) is 0 Å². The summed E-state index contributed by atoms with van der Waals surface area (Å²) >= 11 is 16.0. The van der Waals surface area contributed by atoms with Crippen molar-refractivity contribution in [1.82, 2.24) is 0 Å². The van der Waals surface area contributed by atoms with E-state index in [1.165, 1.54) is 12.1 Å². The maximum absolute atomic E-state index is 11.2. The van der Waals surface area contributed by atoms with E-state index in [0.29, 0.717) is 0 Å². The summed E-state index contributed by atoms with van der Waals surface area (Å²) in [4.78, 5) is 11.2. The van der Waals surface area contributed by atoms with Crippen LogP contribution in [-0.2, 0) is 4.79 Å². The molecule has 1 rings (SSSR count). The highest BCUT2D eigenvalue weighted by molar-refractivity contribution is 6.76. The molecule has 6 heteroatoms. The third kappa shape index (κ3) is 2.94. The molecular weight excluding hydrogens is 248 g/mol. The van der Waals surface area contributed by atoms with Gasteiger partial charge in [0.05, 0.1) is 5.69 Å². The number of hydrogen-bond acceptors (Lipinski definition) is 2. The molecule has 0 aliphatic rings. The maximum Gasteiger partial charge on any atom is 0.276 e. The Morgan fingerprint density at radius 3 is 2.36 bits per heavy atom. The first-order valence-corrected chi connectivity index (χ1v) is 4.71. The zero-order chi connectivity index (χ0) is 10.8. The molecule has 0 saturated heterocycles. The van der Waals surface area contributed by atoms with Gasteiger partial charge in [0.15, 0.2) is 0 Å². The van der Waals surface area contributed by atoms with Gasteiger partial charge in [0, 0.05) is 0 Å². The van der Waals surface area contributed by atoms with E-state index >= 15 is 0 Å². The standard InChI is InChI=1S/C8H6Cl3NO2/c9-8(10,11)7(14)12-5-3-1-2-4-6(5)13/h1-4,13H,(H,12,14). The summed E-state index contributed by atoms with van der Waals surface area (Å²) in [6.07, 6.45) is 0. The van der Waals surface area contributed by atoms with Crippen LogP contribution in [0.4, 0.5) is 5.69 Å². The Kier molecular flexibility index (Phi) is 3.48. The zero-order valence-corrected chi connectivity index (χ0v) is 9.07. The summed E-state index contributed by atoms with van der Waals surface area (Å²) in [7, 11) is 0. The molecule has 0 heterocycles. The van der Waals surface area contributed by atoms with E-state index in [2.05, 4.69) is 5.32 Å². The van der Waals surface area contributed by atoms with E-state index in [4.69, 9.17) is 34.8 Å². The van der Waals surface area contributed by atoms with Gasteiger partial charge in [-0.15, -0.1) is 0 Å². The van der Waals surface area contributed by atoms with E-state index in [9.17, 15) is 9.90 Å². The summed E-state index contributed by atoms with van der Waals surface area (Å²) in [5, 5.41) is 11.5. The van der Waals surface area contributed by atoms with Crippen LogP contribution in [-0.4, -0.2) is 14.8 Å². The third-order valence-electron chi connectivity index (χ3n) is 1.41. The minimum Gasteiger partial charge on any atom is -0.506 e. The van der Waals surface area contributed by atoms with E-state index in [0.717, 1.165) is 0 Å². The molecule has 0 saturated carbocycles. The number of rotatable bonds is 1. The minimum absolute atomic E-state index is 0.0879. The van der Waals surface area contributed by atoms with Crippen molar-refractivity contribution in [2.75, 3.05) is 5.32 Å². The topological polar surface area (TPSA) is 49.3 Å². The van der Waals surface area contributed by atoms with Crippen LogP contribution in [0, 0.1) is 0 Å². The second-order valence-corrected chi connectivity index (χ2v) is 4.75. The molecule has 1 amide bonds. The molecular formula is C8H6Cl3NO2. The molecule has 0 aromatic heterocycles. The molecule has 0 spiro atoms. The first-order valence-electron chi connectivity index (χ1n) is 3.57. The molecule has 0 aliphatic carbocycles. The molecule has 14 heavy (non-hydrogen) atoms. The van der Waals surface area contributed by atoms with Crippen LogP contribution in [0.5, 0.6) is 5.75 Å². The second-order valence-electron chi connectivity index (χ2n) is 2.47. The zero-order valence-electron chi connectivity index (χ0n) is 6.80. The lowest BCUT2D eigenvalue weighted by molar-refractivity contribution is -0.115. The smallest absolute Gasteiger partial charge is 0.276 e. The number of hydrogen-bond donors (Lipinski definition) is 2. The van der Waals surface area contributed by atoms with Crippen LogP contribution >= 0.6 is 34.8 Å². The first kappa shape index (κ1) is 11.4. The summed E-state index contributed by atoms with van der Waals surface area (Å²) in [6, 6.07) is 6.14. The Labute approximate surface area is 95.6 Å². The highest BCUT2D eigenvalue weighted by Gasteiger charge is 2.30. The van der Waals surface area contributed by atoms with Crippen molar-refractivity contribution in [3.05, 3.63) is 24.3 Å². The number of nitrogens with one attached hydrogen (secondary N) is 1. The lowest BCUT2D eigenvalue weighted by Gasteiger charge is -2.11. The number of amides is 1. The molecule has 0 unspecified atom stereocenters. The van der Waals surface area contributed by atoms with Crippen LogP contribution < -0.4 is 5.32 Å². The van der Waals surface area contributed by atoms with Crippen molar-refractivity contribution in [2.45, 2.75) is 3.79 Å². The van der Waals surface area contributed by atoms with Gasteiger partial charge in [0.1, 0.15) is 5.75 Å². The number of aromatic hydroxyl groups is 1. The van der Waals surface area contributed by atoms with Gasteiger partial charge in [-0.05, 0) is 12.1 Å². The van der Waals surface area contributed by atoms with Crippen LogP contribution in [0.15, 0.2) is 24.3 Å². The quantitative estimate of drug-likeness (QED) is 0.598. The molecule has 0 radical (unpaired) electrons. The molecule has 1 aromatic carbocycles. The largest absolute Gasteiger partial charge is 0.506 e. The van der Waals surface area contributed by atoms with Crippen molar-refractivity contribution >= 4 is 46.4 Å². The van der Waals surface area contributed by atoms with Gasteiger partial charge < -0.3 is 10.4 Å². The normalized spacial score (nSPS) is 11.1. The van der Waals surface area contributed by atoms with Crippen molar-refractivity contribution in [1.29, 1.82) is 0 Å². The number of phenols is 1. The number of benzene rings is 1. The van der Waals surface area contributed by atoms with Gasteiger partial charge >= 0.3 is 0 Å². The van der Waals surface area contributed by atoms with Gasteiger partial charge in [0.25, 0.3) is 9.70 Å². The Morgan fingerprint density at radius 2 is 1.86 bits per heavy atom. The fraction of sp³-hybridized carbons (Fsp3) is 0.125. The van der Waals surface area contributed by atoms with Gasteiger partial charge in [-0.3, -0.25) is 4.79 Å². The van der Waals surface area contributed by atoms with Crippen LogP contribution in [0.25, 0.3) is 0 Å². The first-order chi connectivity index (χ1) is 6.41. The summed E-state index contributed by atoms with van der Waals surface area (Å²) in [6.45, 7) is 0. The lowest BCUT2D eigenvalue weighted by Crippen LogP contribution is -2.26. The van der Waals surface area contributed by atoms with Crippen LogP contribution in [0.1, 0.15) is 0 Å². The Hall–Kier alpha value is -0.640. The fourth-order valence-corrected chi connectivity index (χ4v) is 0.914. The number of carbonyl (C=O) groups is 1. The monoisotopic (exact) mass is 253 g/mol. The SMILES string of the molecule is O=C(Nc1ccccc1O)C(Cl)(Cl)Cl. The average Bonchev–Trinajstić information content (AvgIpc) is 2.07. The Balaban J connectivity index is 2.80. The number of para-hydroxylation sites is 2. The maximum atomic E-state index is 11.2. The number of halogens is 3. The number of anilines is 1. The highest BCUT2D eigenvalue weighted by atomic mass is 35.6. The molecule has 76 valence electrons.